The number of carbonyl (C=O) groups is 4. The van der Waals surface area contributed by atoms with Gasteiger partial charge in [0.2, 0.25) is 0 Å². The summed E-state index contributed by atoms with van der Waals surface area (Å²) in [5.74, 6) is 1.22. The summed E-state index contributed by atoms with van der Waals surface area (Å²) in [5, 5.41) is 4.49. The van der Waals surface area contributed by atoms with Crippen LogP contribution in [0.2, 0.25) is 0 Å². The Labute approximate surface area is 276 Å². The normalized spacial score (nSPS) is 32.9. The zero-order valence-corrected chi connectivity index (χ0v) is 29.0. The largest absolute Gasteiger partial charge is 0.462 e. The molecule has 9 nitrogen and oxygen atoms in total. The van der Waals surface area contributed by atoms with Gasteiger partial charge in [-0.15, -0.1) is 11.3 Å². The predicted molar refractivity (Wildman–Crippen MR) is 175 cm³/mol. The lowest BCUT2D eigenvalue weighted by Gasteiger charge is -2.60. The molecule has 1 aromatic rings. The van der Waals surface area contributed by atoms with Gasteiger partial charge < -0.3 is 19.5 Å². The third-order valence-corrected chi connectivity index (χ3v) is 11.8. The fraction of sp³-hybridized carbons (Fsp3) is 0.694. The number of hydrogen-bond donors (Lipinski definition) is 1. The van der Waals surface area contributed by atoms with Gasteiger partial charge in [0.25, 0.3) is 0 Å². The fourth-order valence-corrected chi connectivity index (χ4v) is 9.62. The minimum Gasteiger partial charge on any atom is -0.462 e. The van der Waals surface area contributed by atoms with Crippen LogP contribution in [0, 0.1) is 34.5 Å². The van der Waals surface area contributed by atoms with Gasteiger partial charge >= 0.3 is 18.0 Å². The molecule has 0 radical (unpaired) electrons. The van der Waals surface area contributed by atoms with Crippen LogP contribution in [0.15, 0.2) is 34.7 Å². The summed E-state index contributed by atoms with van der Waals surface area (Å²) in [5.41, 5.74) is 2.96. The quantitative estimate of drug-likeness (QED) is 0.176. The van der Waals surface area contributed by atoms with Crippen LogP contribution in [0.4, 0.5) is 4.79 Å². The third-order valence-electron chi connectivity index (χ3n) is 11.2. The second-order valence-corrected chi connectivity index (χ2v) is 16.0. The molecule has 1 heterocycles. The number of alkyl carbamates (subject to hydrolysis) is 1. The summed E-state index contributed by atoms with van der Waals surface area (Å²) in [6, 6.07) is -0.926. The summed E-state index contributed by atoms with van der Waals surface area (Å²) in [6.45, 7) is 11.6. The van der Waals surface area contributed by atoms with E-state index in [2.05, 4.69) is 30.2 Å². The van der Waals surface area contributed by atoms with Crippen molar-refractivity contribution in [3.63, 3.8) is 0 Å². The fourth-order valence-electron chi connectivity index (χ4n) is 9.05. The van der Waals surface area contributed by atoms with Crippen LogP contribution in [0.1, 0.15) is 98.6 Å². The van der Waals surface area contributed by atoms with E-state index in [-0.39, 0.29) is 41.7 Å². The maximum Gasteiger partial charge on any atom is 0.408 e. The second-order valence-electron chi connectivity index (χ2n) is 15.2. The maximum absolute atomic E-state index is 13.1. The van der Waals surface area contributed by atoms with Crippen molar-refractivity contribution >= 4 is 35.2 Å². The molecule has 252 valence electrons. The number of hydrogen-bond acceptors (Lipinski definition) is 9. The van der Waals surface area contributed by atoms with Gasteiger partial charge in [0.05, 0.1) is 11.2 Å². The first-order valence-corrected chi connectivity index (χ1v) is 17.7. The Kier molecular flexibility index (Phi) is 10.2. The van der Waals surface area contributed by atoms with Crippen molar-refractivity contribution in [3.8, 4) is 0 Å². The van der Waals surface area contributed by atoms with E-state index in [0.29, 0.717) is 35.8 Å². The lowest BCUT2D eigenvalue weighted by molar-refractivity contribution is -0.158. The number of ketones is 1. The Morgan fingerprint density at radius 2 is 1.91 bits per heavy atom. The summed E-state index contributed by atoms with van der Waals surface area (Å²) in [7, 11) is 0. The SMILES string of the molecule is CC(=O)O[C@H]1CC[C@H]2[C@@H]3[C@H](C/C=C/COC(=O)[C@H](Cc4cscn4)NC(=O)OC(C)(C)C)CC4=CC(=O)CC[C@]4(C)[C@H]3CC[C@]12C. The molecule has 0 aliphatic heterocycles. The van der Waals surface area contributed by atoms with Crippen LogP contribution in [0.25, 0.3) is 0 Å². The number of allylic oxidation sites excluding steroid dienone is 2. The number of esters is 2. The minimum atomic E-state index is -0.926. The van der Waals surface area contributed by atoms with Gasteiger partial charge in [-0.25, -0.2) is 14.6 Å². The van der Waals surface area contributed by atoms with Gasteiger partial charge in [0.15, 0.2) is 5.78 Å². The molecule has 0 bridgehead atoms. The molecule has 0 unspecified atom stereocenters. The number of aromatic nitrogens is 1. The number of amides is 1. The Morgan fingerprint density at radius 1 is 1.13 bits per heavy atom. The van der Waals surface area contributed by atoms with Crippen molar-refractivity contribution in [2.75, 3.05) is 6.61 Å². The zero-order valence-electron chi connectivity index (χ0n) is 28.1. The lowest BCUT2D eigenvalue weighted by Crippen LogP contribution is -2.54. The van der Waals surface area contributed by atoms with E-state index in [1.54, 1.807) is 26.3 Å². The van der Waals surface area contributed by atoms with Crippen LogP contribution in [-0.2, 0) is 35.0 Å². The monoisotopic (exact) mass is 654 g/mol. The zero-order chi connectivity index (χ0) is 33.3. The van der Waals surface area contributed by atoms with Gasteiger partial charge in [-0.3, -0.25) is 9.59 Å². The number of nitrogens with one attached hydrogen (secondary N) is 1. The van der Waals surface area contributed by atoms with Crippen molar-refractivity contribution in [2.45, 2.75) is 117 Å². The van der Waals surface area contributed by atoms with Gasteiger partial charge in [0.1, 0.15) is 24.4 Å². The van der Waals surface area contributed by atoms with Crippen molar-refractivity contribution in [3.05, 3.63) is 40.4 Å². The van der Waals surface area contributed by atoms with Gasteiger partial charge in [-0.05, 0) is 101 Å². The van der Waals surface area contributed by atoms with E-state index in [1.807, 2.05) is 17.5 Å². The van der Waals surface area contributed by atoms with E-state index >= 15 is 0 Å². The van der Waals surface area contributed by atoms with Crippen LogP contribution in [0.3, 0.4) is 0 Å². The van der Waals surface area contributed by atoms with Crippen LogP contribution < -0.4 is 5.32 Å². The molecule has 3 fully saturated rings. The number of rotatable bonds is 9. The molecule has 4 aliphatic rings. The highest BCUT2D eigenvalue weighted by molar-refractivity contribution is 7.07. The highest BCUT2D eigenvalue weighted by Gasteiger charge is 2.61. The summed E-state index contributed by atoms with van der Waals surface area (Å²) in [4.78, 5) is 54.3. The number of fused-ring (bicyclic) bond motifs is 5. The number of thiazole rings is 1. The first-order valence-electron chi connectivity index (χ1n) is 16.8. The Hall–Kier alpha value is -3.01. The molecule has 8 atom stereocenters. The molecule has 4 aliphatic carbocycles. The summed E-state index contributed by atoms with van der Waals surface area (Å²) >= 11 is 1.42. The average molecular weight is 655 g/mol. The highest BCUT2D eigenvalue weighted by atomic mass is 32.1. The molecule has 0 spiro atoms. The molecule has 3 saturated carbocycles. The van der Waals surface area contributed by atoms with Crippen LogP contribution >= 0.6 is 11.3 Å². The summed E-state index contributed by atoms with van der Waals surface area (Å²) < 4.78 is 16.9. The topological polar surface area (TPSA) is 121 Å². The van der Waals surface area contributed by atoms with Crippen LogP contribution in [0.5, 0.6) is 0 Å². The van der Waals surface area contributed by atoms with Crippen molar-refractivity contribution in [2.24, 2.45) is 34.5 Å². The van der Waals surface area contributed by atoms with E-state index in [4.69, 9.17) is 14.2 Å². The molecule has 1 aromatic heterocycles. The molecule has 46 heavy (non-hydrogen) atoms. The lowest BCUT2D eigenvalue weighted by atomic mass is 9.44. The molecule has 10 heteroatoms. The molecule has 1 N–H and O–H groups in total. The van der Waals surface area contributed by atoms with E-state index in [9.17, 15) is 19.2 Å². The second kappa shape index (κ2) is 13.6. The van der Waals surface area contributed by atoms with E-state index < -0.39 is 23.7 Å². The van der Waals surface area contributed by atoms with Gasteiger partial charge in [-0.1, -0.05) is 31.6 Å². The maximum atomic E-state index is 13.1. The van der Waals surface area contributed by atoms with Gasteiger partial charge in [-0.2, -0.15) is 0 Å². The van der Waals surface area contributed by atoms with E-state index in [1.165, 1.54) is 23.8 Å². The molecule has 5 rings (SSSR count). The number of nitrogens with zero attached hydrogens (tertiary/aromatic N) is 1. The minimum absolute atomic E-state index is 0.0304. The Morgan fingerprint density at radius 3 is 2.61 bits per heavy atom. The molecule has 1 amide bonds. The smallest absolute Gasteiger partial charge is 0.408 e. The Bertz CT molecular complexity index is 1360. The van der Waals surface area contributed by atoms with Crippen molar-refractivity contribution in [1.82, 2.24) is 10.3 Å². The van der Waals surface area contributed by atoms with Gasteiger partial charge in [0, 0.05) is 30.6 Å². The number of ether oxygens (including phenoxy) is 3. The third kappa shape index (κ3) is 7.42. The molecular formula is C36H50N2O7S. The van der Waals surface area contributed by atoms with Crippen molar-refractivity contribution < 1.29 is 33.4 Å². The predicted octanol–water partition coefficient (Wildman–Crippen LogP) is 6.76. The average Bonchev–Trinajstić information content (AvgIpc) is 3.59. The molecule has 0 saturated heterocycles. The van der Waals surface area contributed by atoms with E-state index in [0.717, 1.165) is 44.9 Å². The first-order chi connectivity index (χ1) is 21.7. The summed E-state index contributed by atoms with van der Waals surface area (Å²) in [6.07, 6.45) is 12.7. The Balaban J connectivity index is 1.27. The standard InChI is InChI=1S/C36H50N2O7S/c1-22(39)44-30-11-10-27-31-23(17-24-18-26(40)12-14-35(24,5)28(31)13-15-36(27,30)6)9-7-8-16-43-32(41)29(19-25-20-46-21-37-25)38-33(42)45-34(2,3)4/h7-8,18,20-21,23,27-31H,9-17,19H2,1-6H3,(H,38,42)/b8-7+/t23-,27+,28+,29+,30+,31+,35+,36+/m1/s1. The highest BCUT2D eigenvalue weighted by Crippen LogP contribution is 2.67. The molecular weight excluding hydrogens is 604 g/mol. The first kappa shape index (κ1) is 34.3. The van der Waals surface area contributed by atoms with Crippen LogP contribution in [-0.4, -0.2) is 53.2 Å². The van der Waals surface area contributed by atoms with Crippen molar-refractivity contribution in [1.29, 1.82) is 0 Å². The number of carbonyl (C=O) groups excluding carboxylic acids is 4. The molecule has 0 aromatic carbocycles.